The Morgan fingerprint density at radius 1 is 1.29 bits per heavy atom. The van der Waals surface area contributed by atoms with Crippen LogP contribution in [0.4, 0.5) is 4.39 Å². The van der Waals surface area contributed by atoms with E-state index >= 15 is 0 Å². The van der Waals surface area contributed by atoms with Crippen LogP contribution >= 0.6 is 0 Å². The Balaban J connectivity index is 2.02. The van der Waals surface area contributed by atoms with E-state index in [-0.39, 0.29) is 11.9 Å². The Labute approximate surface area is 99.1 Å². The summed E-state index contributed by atoms with van der Waals surface area (Å²) in [5, 5.41) is 3.42. The molecule has 1 atom stereocenters. The molecule has 0 aliphatic carbocycles. The molecule has 3 nitrogen and oxygen atoms in total. The lowest BCUT2D eigenvalue weighted by Crippen LogP contribution is -2.30. The highest BCUT2D eigenvalue weighted by Crippen LogP contribution is 2.26. The number of rotatable bonds is 1. The second kappa shape index (κ2) is 3.96. The third kappa shape index (κ3) is 1.85. The van der Waals surface area contributed by atoms with Gasteiger partial charge in [0.15, 0.2) is 0 Å². The SMILES string of the molecule is Cc1nc2c([nH]1)CCNC2c1ccc(F)cc1. The fourth-order valence-corrected chi connectivity index (χ4v) is 2.36. The van der Waals surface area contributed by atoms with Crippen molar-refractivity contribution in [2.75, 3.05) is 6.54 Å². The van der Waals surface area contributed by atoms with Crippen molar-refractivity contribution in [3.8, 4) is 0 Å². The normalized spacial score (nSPS) is 19.1. The molecule has 0 saturated heterocycles. The van der Waals surface area contributed by atoms with Crippen molar-refractivity contribution in [1.82, 2.24) is 15.3 Å². The minimum absolute atomic E-state index is 0.0734. The number of hydrogen-bond acceptors (Lipinski definition) is 2. The third-order valence-corrected chi connectivity index (χ3v) is 3.13. The van der Waals surface area contributed by atoms with Crippen LogP contribution in [0.1, 0.15) is 28.8 Å². The van der Waals surface area contributed by atoms with Gasteiger partial charge in [-0.15, -0.1) is 0 Å². The lowest BCUT2D eigenvalue weighted by atomic mass is 9.98. The lowest BCUT2D eigenvalue weighted by molar-refractivity contribution is 0.551. The number of H-pyrrole nitrogens is 1. The van der Waals surface area contributed by atoms with Crippen LogP contribution < -0.4 is 5.32 Å². The van der Waals surface area contributed by atoms with E-state index in [2.05, 4.69) is 15.3 Å². The van der Waals surface area contributed by atoms with Crippen molar-refractivity contribution in [2.45, 2.75) is 19.4 Å². The predicted molar refractivity (Wildman–Crippen MR) is 63.3 cm³/mol. The number of aromatic amines is 1. The minimum Gasteiger partial charge on any atom is -0.346 e. The molecule has 1 aliphatic rings. The number of benzene rings is 1. The highest BCUT2D eigenvalue weighted by molar-refractivity contribution is 5.33. The van der Waals surface area contributed by atoms with Crippen LogP contribution in [0.5, 0.6) is 0 Å². The van der Waals surface area contributed by atoms with Gasteiger partial charge in [-0.2, -0.15) is 0 Å². The summed E-state index contributed by atoms with van der Waals surface area (Å²) in [4.78, 5) is 7.80. The summed E-state index contributed by atoms with van der Waals surface area (Å²) in [7, 11) is 0. The quantitative estimate of drug-likeness (QED) is 0.789. The molecule has 0 amide bonds. The monoisotopic (exact) mass is 231 g/mol. The second-order valence-electron chi connectivity index (χ2n) is 4.37. The Morgan fingerprint density at radius 2 is 2.06 bits per heavy atom. The average Bonchev–Trinajstić information content (AvgIpc) is 2.70. The Hall–Kier alpha value is -1.68. The van der Waals surface area contributed by atoms with E-state index in [9.17, 15) is 4.39 Å². The first-order chi connectivity index (χ1) is 8.24. The number of aromatic nitrogens is 2. The summed E-state index contributed by atoms with van der Waals surface area (Å²) in [6.07, 6.45) is 0.966. The molecular formula is C13H14FN3. The first-order valence-electron chi connectivity index (χ1n) is 5.78. The van der Waals surface area contributed by atoms with Gasteiger partial charge in [0.2, 0.25) is 0 Å². The van der Waals surface area contributed by atoms with E-state index in [1.54, 1.807) is 0 Å². The summed E-state index contributed by atoms with van der Waals surface area (Å²) in [5.41, 5.74) is 3.29. The number of imidazole rings is 1. The zero-order valence-corrected chi connectivity index (χ0v) is 9.63. The van der Waals surface area contributed by atoms with Gasteiger partial charge in [-0.1, -0.05) is 12.1 Å². The van der Waals surface area contributed by atoms with Gasteiger partial charge in [0.05, 0.1) is 11.7 Å². The first-order valence-corrected chi connectivity index (χ1v) is 5.78. The molecule has 88 valence electrons. The number of halogens is 1. The molecule has 1 unspecified atom stereocenters. The van der Waals surface area contributed by atoms with E-state index in [1.165, 1.54) is 17.8 Å². The Morgan fingerprint density at radius 3 is 2.82 bits per heavy atom. The number of nitrogens with zero attached hydrogens (tertiary/aromatic N) is 1. The van der Waals surface area contributed by atoms with Crippen molar-refractivity contribution in [2.24, 2.45) is 0 Å². The van der Waals surface area contributed by atoms with E-state index in [1.807, 2.05) is 19.1 Å². The van der Waals surface area contributed by atoms with Crippen molar-refractivity contribution in [3.63, 3.8) is 0 Å². The van der Waals surface area contributed by atoms with Gasteiger partial charge in [0, 0.05) is 18.7 Å². The Bertz CT molecular complexity index is 530. The molecule has 2 aromatic rings. The van der Waals surface area contributed by atoms with Crippen LogP contribution in [0.25, 0.3) is 0 Å². The zero-order chi connectivity index (χ0) is 11.8. The van der Waals surface area contributed by atoms with Crippen molar-refractivity contribution < 1.29 is 4.39 Å². The maximum atomic E-state index is 12.9. The molecule has 0 bridgehead atoms. The molecule has 1 aromatic carbocycles. The maximum Gasteiger partial charge on any atom is 0.123 e. The fraction of sp³-hybridized carbons (Fsp3) is 0.308. The van der Waals surface area contributed by atoms with Crippen molar-refractivity contribution >= 4 is 0 Å². The molecule has 3 rings (SSSR count). The lowest BCUT2D eigenvalue weighted by Gasteiger charge is -2.23. The zero-order valence-electron chi connectivity index (χ0n) is 9.63. The van der Waals surface area contributed by atoms with Crippen LogP contribution in [0, 0.1) is 12.7 Å². The van der Waals surface area contributed by atoms with E-state index < -0.39 is 0 Å². The average molecular weight is 231 g/mol. The highest BCUT2D eigenvalue weighted by atomic mass is 19.1. The molecule has 1 aromatic heterocycles. The molecule has 2 N–H and O–H groups in total. The van der Waals surface area contributed by atoms with Crippen molar-refractivity contribution in [1.29, 1.82) is 0 Å². The van der Waals surface area contributed by atoms with Gasteiger partial charge in [-0.25, -0.2) is 9.37 Å². The molecule has 2 heterocycles. The van der Waals surface area contributed by atoms with Crippen LogP contribution in [-0.2, 0) is 6.42 Å². The molecule has 0 radical (unpaired) electrons. The molecular weight excluding hydrogens is 217 g/mol. The smallest absolute Gasteiger partial charge is 0.123 e. The Kier molecular flexibility index (Phi) is 2.44. The van der Waals surface area contributed by atoms with Gasteiger partial charge >= 0.3 is 0 Å². The van der Waals surface area contributed by atoms with Crippen LogP contribution in [-0.4, -0.2) is 16.5 Å². The summed E-state index contributed by atoms with van der Waals surface area (Å²) in [6, 6.07) is 6.68. The molecule has 0 fully saturated rings. The number of nitrogens with one attached hydrogen (secondary N) is 2. The van der Waals surface area contributed by atoms with Crippen LogP contribution in [0.15, 0.2) is 24.3 Å². The molecule has 0 spiro atoms. The first kappa shape index (κ1) is 10.5. The molecule has 17 heavy (non-hydrogen) atoms. The summed E-state index contributed by atoms with van der Waals surface area (Å²) < 4.78 is 12.9. The molecule has 0 saturated carbocycles. The fourth-order valence-electron chi connectivity index (χ4n) is 2.36. The molecule has 1 aliphatic heterocycles. The highest BCUT2D eigenvalue weighted by Gasteiger charge is 2.24. The van der Waals surface area contributed by atoms with Crippen LogP contribution in [0.3, 0.4) is 0 Å². The number of fused-ring (bicyclic) bond motifs is 1. The van der Waals surface area contributed by atoms with Gasteiger partial charge in [0.1, 0.15) is 11.6 Å². The predicted octanol–water partition coefficient (Wildman–Crippen LogP) is 2.09. The molecule has 4 heteroatoms. The number of aryl methyl sites for hydroxylation is 1. The summed E-state index contributed by atoms with van der Waals surface area (Å²) in [6.45, 7) is 2.87. The minimum atomic E-state index is -0.206. The standard InChI is InChI=1S/C13H14FN3/c1-8-16-11-6-7-15-12(13(11)17-8)9-2-4-10(14)5-3-9/h2-5,12,15H,6-7H2,1H3,(H,16,17). The van der Waals surface area contributed by atoms with E-state index in [0.29, 0.717) is 0 Å². The van der Waals surface area contributed by atoms with Crippen LogP contribution in [0.2, 0.25) is 0 Å². The van der Waals surface area contributed by atoms with E-state index in [0.717, 1.165) is 30.0 Å². The van der Waals surface area contributed by atoms with Gasteiger partial charge in [-0.3, -0.25) is 0 Å². The van der Waals surface area contributed by atoms with Gasteiger partial charge in [-0.05, 0) is 24.6 Å². The largest absolute Gasteiger partial charge is 0.346 e. The topological polar surface area (TPSA) is 40.7 Å². The summed E-state index contributed by atoms with van der Waals surface area (Å²) in [5.74, 6) is 0.730. The second-order valence-corrected chi connectivity index (χ2v) is 4.37. The third-order valence-electron chi connectivity index (χ3n) is 3.13. The maximum absolute atomic E-state index is 12.9. The van der Waals surface area contributed by atoms with Gasteiger partial charge < -0.3 is 10.3 Å². The van der Waals surface area contributed by atoms with E-state index in [4.69, 9.17) is 0 Å². The van der Waals surface area contributed by atoms with Gasteiger partial charge in [0.25, 0.3) is 0 Å². The number of hydrogen-bond donors (Lipinski definition) is 2. The summed E-state index contributed by atoms with van der Waals surface area (Å²) >= 11 is 0. The van der Waals surface area contributed by atoms with Crippen molar-refractivity contribution in [3.05, 3.63) is 52.9 Å².